The van der Waals surface area contributed by atoms with E-state index in [0.29, 0.717) is 13.0 Å². The summed E-state index contributed by atoms with van der Waals surface area (Å²) in [4.78, 5) is 23.4. The topological polar surface area (TPSA) is 76.0 Å². The van der Waals surface area contributed by atoms with Gasteiger partial charge in [0.2, 0.25) is 11.8 Å². The van der Waals surface area contributed by atoms with Crippen molar-refractivity contribution in [1.82, 2.24) is 20.4 Å². The second kappa shape index (κ2) is 7.81. The summed E-state index contributed by atoms with van der Waals surface area (Å²) >= 11 is 0. The van der Waals surface area contributed by atoms with Crippen molar-refractivity contribution in [2.24, 2.45) is 0 Å². The number of nitrogens with one attached hydrogen (secondary N) is 2. The minimum Gasteiger partial charge on any atom is -0.352 e. The third-order valence-corrected chi connectivity index (χ3v) is 3.75. The molecule has 1 aliphatic carbocycles. The molecule has 0 aromatic carbocycles. The van der Waals surface area contributed by atoms with Crippen LogP contribution in [0.25, 0.3) is 0 Å². The van der Waals surface area contributed by atoms with Gasteiger partial charge in [-0.15, -0.1) is 0 Å². The highest BCUT2D eigenvalue weighted by molar-refractivity contribution is 5.84. The van der Waals surface area contributed by atoms with Crippen LogP contribution >= 0.6 is 0 Å². The lowest BCUT2D eigenvalue weighted by Crippen LogP contribution is -2.42. The Morgan fingerprint density at radius 1 is 1.29 bits per heavy atom. The number of amides is 2. The molecule has 0 radical (unpaired) electrons. The molecule has 1 aliphatic rings. The van der Waals surface area contributed by atoms with Crippen molar-refractivity contribution >= 4 is 11.8 Å². The number of nitrogens with zero attached hydrogens (tertiary/aromatic N) is 2. The number of rotatable bonds is 6. The van der Waals surface area contributed by atoms with Gasteiger partial charge in [0.15, 0.2) is 0 Å². The second-order valence-corrected chi connectivity index (χ2v) is 5.71. The van der Waals surface area contributed by atoms with Crippen molar-refractivity contribution in [2.75, 3.05) is 6.54 Å². The quantitative estimate of drug-likeness (QED) is 0.825. The first kappa shape index (κ1) is 15.5. The summed E-state index contributed by atoms with van der Waals surface area (Å²) in [7, 11) is 0. The summed E-state index contributed by atoms with van der Waals surface area (Å²) in [5.41, 5.74) is 1.07. The lowest BCUT2D eigenvalue weighted by molar-refractivity contribution is -0.126. The molecule has 0 atom stereocenters. The van der Waals surface area contributed by atoms with E-state index in [-0.39, 0.29) is 24.4 Å². The molecule has 1 aromatic rings. The van der Waals surface area contributed by atoms with Crippen LogP contribution in [-0.2, 0) is 16.1 Å². The van der Waals surface area contributed by atoms with Crippen LogP contribution in [0.15, 0.2) is 12.4 Å². The van der Waals surface area contributed by atoms with Gasteiger partial charge in [0.05, 0.1) is 12.7 Å². The van der Waals surface area contributed by atoms with Gasteiger partial charge in [-0.3, -0.25) is 14.3 Å². The van der Waals surface area contributed by atoms with Crippen molar-refractivity contribution < 1.29 is 9.59 Å². The van der Waals surface area contributed by atoms with Crippen molar-refractivity contribution in [2.45, 2.75) is 58.0 Å². The van der Waals surface area contributed by atoms with Crippen LogP contribution in [-0.4, -0.2) is 34.2 Å². The van der Waals surface area contributed by atoms with E-state index in [1.807, 2.05) is 13.1 Å². The van der Waals surface area contributed by atoms with Crippen LogP contribution in [0.4, 0.5) is 0 Å². The second-order valence-electron chi connectivity index (χ2n) is 5.71. The first-order chi connectivity index (χ1) is 10.1. The Bertz CT molecular complexity index is 478. The molecule has 1 heterocycles. The van der Waals surface area contributed by atoms with E-state index in [1.54, 1.807) is 10.9 Å². The fourth-order valence-corrected chi connectivity index (χ4v) is 2.60. The third-order valence-electron chi connectivity index (χ3n) is 3.75. The summed E-state index contributed by atoms with van der Waals surface area (Å²) in [6.07, 6.45) is 9.71. The predicted molar refractivity (Wildman–Crippen MR) is 79.6 cm³/mol. The van der Waals surface area contributed by atoms with Crippen molar-refractivity contribution in [3.63, 3.8) is 0 Å². The summed E-state index contributed by atoms with van der Waals surface area (Å²) in [5.74, 6) is -0.216. The Balaban J connectivity index is 1.60. The molecule has 0 bridgehead atoms. The van der Waals surface area contributed by atoms with Crippen molar-refractivity contribution in [3.05, 3.63) is 18.0 Å². The molecule has 1 fully saturated rings. The Hall–Kier alpha value is -1.85. The standard InChI is InChI=1S/C15H24N4O2/c1-12-9-17-19(11-12)8-7-14(20)16-10-15(21)18-13-5-3-2-4-6-13/h9,11,13H,2-8,10H2,1H3,(H,16,20)(H,18,21). The van der Waals surface area contributed by atoms with Gasteiger partial charge in [-0.1, -0.05) is 19.3 Å². The van der Waals surface area contributed by atoms with Gasteiger partial charge in [0, 0.05) is 25.2 Å². The molecule has 6 heteroatoms. The van der Waals surface area contributed by atoms with E-state index >= 15 is 0 Å². The molecule has 0 spiro atoms. The van der Waals surface area contributed by atoms with Crippen LogP contribution in [0.5, 0.6) is 0 Å². The van der Waals surface area contributed by atoms with Gasteiger partial charge in [-0.25, -0.2) is 0 Å². The molecular formula is C15H24N4O2. The average Bonchev–Trinajstić information content (AvgIpc) is 2.90. The fourth-order valence-electron chi connectivity index (χ4n) is 2.60. The molecule has 2 rings (SSSR count). The number of carbonyl (C=O) groups excluding carboxylic acids is 2. The summed E-state index contributed by atoms with van der Waals surface area (Å²) in [6.45, 7) is 2.55. The monoisotopic (exact) mass is 292 g/mol. The maximum atomic E-state index is 11.7. The van der Waals surface area contributed by atoms with E-state index in [0.717, 1.165) is 18.4 Å². The smallest absolute Gasteiger partial charge is 0.239 e. The zero-order chi connectivity index (χ0) is 15.1. The molecule has 21 heavy (non-hydrogen) atoms. The van der Waals surface area contributed by atoms with Gasteiger partial charge in [0.1, 0.15) is 0 Å². The van der Waals surface area contributed by atoms with Gasteiger partial charge in [-0.2, -0.15) is 5.10 Å². The van der Waals surface area contributed by atoms with Gasteiger partial charge in [0.25, 0.3) is 0 Å². The molecule has 2 amide bonds. The molecule has 1 saturated carbocycles. The van der Waals surface area contributed by atoms with Crippen LogP contribution in [0.3, 0.4) is 0 Å². The zero-order valence-corrected chi connectivity index (χ0v) is 12.6. The third kappa shape index (κ3) is 5.57. The van der Waals surface area contributed by atoms with Crippen LogP contribution in [0.1, 0.15) is 44.1 Å². The highest BCUT2D eigenvalue weighted by atomic mass is 16.2. The number of hydrogen-bond acceptors (Lipinski definition) is 3. The summed E-state index contributed by atoms with van der Waals surface area (Å²) in [6, 6.07) is 0.287. The van der Waals surface area contributed by atoms with Crippen LogP contribution in [0, 0.1) is 6.92 Å². The van der Waals surface area contributed by atoms with Crippen LogP contribution < -0.4 is 10.6 Å². The molecular weight excluding hydrogens is 268 g/mol. The molecule has 0 aliphatic heterocycles. The molecule has 0 saturated heterocycles. The average molecular weight is 292 g/mol. The Morgan fingerprint density at radius 2 is 2.05 bits per heavy atom. The molecule has 0 unspecified atom stereocenters. The maximum absolute atomic E-state index is 11.7. The van der Waals surface area contributed by atoms with Gasteiger partial charge >= 0.3 is 0 Å². The van der Waals surface area contributed by atoms with Gasteiger partial charge in [-0.05, 0) is 25.3 Å². The molecule has 6 nitrogen and oxygen atoms in total. The summed E-state index contributed by atoms with van der Waals surface area (Å²) in [5, 5.41) is 9.75. The first-order valence-electron chi connectivity index (χ1n) is 7.68. The Kier molecular flexibility index (Phi) is 5.78. The minimum absolute atomic E-state index is 0.0630. The number of hydrogen-bond donors (Lipinski definition) is 2. The van der Waals surface area contributed by atoms with Crippen molar-refractivity contribution in [3.8, 4) is 0 Å². The van der Waals surface area contributed by atoms with E-state index in [4.69, 9.17) is 0 Å². The highest BCUT2D eigenvalue weighted by Gasteiger charge is 2.15. The van der Waals surface area contributed by atoms with Crippen LogP contribution in [0.2, 0.25) is 0 Å². The SMILES string of the molecule is Cc1cnn(CCC(=O)NCC(=O)NC2CCCCC2)c1. The van der Waals surface area contributed by atoms with E-state index in [9.17, 15) is 9.59 Å². The number of carbonyl (C=O) groups is 2. The number of aromatic nitrogens is 2. The van der Waals surface area contributed by atoms with Gasteiger partial charge < -0.3 is 10.6 Å². The Morgan fingerprint density at radius 3 is 2.71 bits per heavy atom. The minimum atomic E-state index is -0.123. The molecule has 1 aromatic heterocycles. The lowest BCUT2D eigenvalue weighted by Gasteiger charge is -2.22. The normalized spacial score (nSPS) is 15.7. The lowest BCUT2D eigenvalue weighted by atomic mass is 9.95. The molecule has 2 N–H and O–H groups in total. The fraction of sp³-hybridized carbons (Fsp3) is 0.667. The van der Waals surface area contributed by atoms with E-state index in [2.05, 4.69) is 15.7 Å². The largest absolute Gasteiger partial charge is 0.352 e. The zero-order valence-electron chi connectivity index (χ0n) is 12.6. The van der Waals surface area contributed by atoms with Crippen molar-refractivity contribution in [1.29, 1.82) is 0 Å². The highest BCUT2D eigenvalue weighted by Crippen LogP contribution is 2.17. The van der Waals surface area contributed by atoms with E-state index in [1.165, 1.54) is 19.3 Å². The Labute approximate surface area is 125 Å². The first-order valence-corrected chi connectivity index (χ1v) is 7.68. The molecule has 116 valence electrons. The predicted octanol–water partition coefficient (Wildman–Crippen LogP) is 1.15. The van der Waals surface area contributed by atoms with E-state index < -0.39 is 0 Å². The maximum Gasteiger partial charge on any atom is 0.239 e. The summed E-state index contributed by atoms with van der Waals surface area (Å²) < 4.78 is 1.73. The number of aryl methyl sites for hydroxylation is 2.